The number of hydrogen-bond donors (Lipinski definition) is 0. The van der Waals surface area contributed by atoms with Crippen molar-refractivity contribution in [3.05, 3.63) is 261 Å². The van der Waals surface area contributed by atoms with Gasteiger partial charge in [-0.1, -0.05) is 182 Å². The molecule has 388 valence electrons. The predicted molar refractivity (Wildman–Crippen MR) is 345 cm³/mol. The van der Waals surface area contributed by atoms with Gasteiger partial charge in [0.15, 0.2) is 0 Å². The van der Waals surface area contributed by atoms with Crippen molar-refractivity contribution in [3.8, 4) is 22.3 Å². The van der Waals surface area contributed by atoms with Crippen molar-refractivity contribution < 1.29 is 0 Å². The molecule has 82 heavy (non-hydrogen) atoms. The van der Waals surface area contributed by atoms with Crippen LogP contribution in [0.4, 0.5) is 73.9 Å². The lowest BCUT2D eigenvalue weighted by atomic mass is 9.30. The van der Waals surface area contributed by atoms with Crippen molar-refractivity contribution in [2.24, 2.45) is 11.8 Å². The van der Waals surface area contributed by atoms with Gasteiger partial charge in [-0.3, -0.25) is 0 Å². The van der Waals surface area contributed by atoms with Gasteiger partial charge < -0.3 is 24.5 Å². The fourth-order valence-electron chi connectivity index (χ4n) is 16.7. The topological polar surface area (TPSA) is 16.2 Å². The Morgan fingerprint density at radius 1 is 0.268 bits per heavy atom. The third-order valence-corrected chi connectivity index (χ3v) is 19.6. The molecular weight excluding hydrogens is 992 g/mol. The van der Waals surface area contributed by atoms with Crippen LogP contribution in [0.15, 0.2) is 261 Å². The monoisotopic (exact) mass is 1050 g/mol. The number of fused-ring (bicyclic) bond motifs is 8. The molecule has 6 heterocycles. The van der Waals surface area contributed by atoms with Crippen LogP contribution in [0, 0.1) is 11.8 Å². The summed E-state index contributed by atoms with van der Waals surface area (Å²) in [5.74, 6) is 1.66. The van der Waals surface area contributed by atoms with Crippen molar-refractivity contribution in [2.45, 2.75) is 44.2 Å². The van der Waals surface area contributed by atoms with E-state index in [9.17, 15) is 0 Å². The Morgan fingerprint density at radius 3 is 1.15 bits per heavy atom. The predicted octanol–water partition coefficient (Wildman–Crippen LogP) is 15.0. The molecular formula is C75H57B2N5. The van der Waals surface area contributed by atoms with Crippen LogP contribution in [0.25, 0.3) is 22.3 Å². The largest absolute Gasteiger partial charge is 0.365 e. The average Bonchev–Trinajstić information content (AvgIpc) is 1.54. The SMILES string of the molecule is c1ccc(-c2cccc(-c3ccccc3)c2N2c3cc4c(cc3B3c5ccccc5N(c5ccccc5)c5cc(N6C7CC8CC(C7)CC6C8)cc2c53)B2c3ccccc3N(c3ccccc3)c3cccc(c32)N4c2ccccc2)cc1. The summed E-state index contributed by atoms with van der Waals surface area (Å²) in [5, 5.41) is 0. The molecule has 0 atom stereocenters. The van der Waals surface area contributed by atoms with Crippen LogP contribution in [-0.2, 0) is 0 Å². The lowest BCUT2D eigenvalue weighted by molar-refractivity contribution is 0.0900. The Kier molecular flexibility index (Phi) is 10.2. The molecule has 7 heteroatoms. The number of rotatable bonds is 7. The van der Waals surface area contributed by atoms with E-state index in [1.165, 1.54) is 150 Å². The van der Waals surface area contributed by atoms with E-state index in [1.807, 2.05) is 0 Å². The summed E-state index contributed by atoms with van der Waals surface area (Å²) >= 11 is 0. The molecule has 11 aromatic rings. The number of nitrogens with zero attached hydrogens (tertiary/aromatic N) is 5. The average molecular weight is 1050 g/mol. The molecule has 19 rings (SSSR count). The highest BCUT2D eigenvalue weighted by molar-refractivity contribution is 7.03. The minimum absolute atomic E-state index is 0.0554. The summed E-state index contributed by atoms with van der Waals surface area (Å²) in [6.45, 7) is -0.147. The number of benzene rings is 11. The van der Waals surface area contributed by atoms with Crippen LogP contribution in [0.3, 0.4) is 0 Å². The van der Waals surface area contributed by atoms with Gasteiger partial charge in [-0.05, 0) is 167 Å². The molecule has 0 N–H and O–H groups in total. The summed E-state index contributed by atoms with van der Waals surface area (Å²) in [4.78, 5) is 13.4. The summed E-state index contributed by atoms with van der Waals surface area (Å²) in [6.07, 6.45) is 6.55. The summed E-state index contributed by atoms with van der Waals surface area (Å²) in [5.41, 5.74) is 28.5. The normalized spacial score (nSPS) is 19.0. The van der Waals surface area contributed by atoms with E-state index in [-0.39, 0.29) is 13.4 Å². The molecule has 2 saturated carbocycles. The minimum atomic E-state index is -0.0919. The first-order valence-corrected chi connectivity index (χ1v) is 29.7. The summed E-state index contributed by atoms with van der Waals surface area (Å²) in [7, 11) is 0. The molecule has 2 saturated heterocycles. The second-order valence-electron chi connectivity index (χ2n) is 24.0. The zero-order valence-electron chi connectivity index (χ0n) is 45.6. The molecule has 5 nitrogen and oxygen atoms in total. The highest BCUT2D eigenvalue weighted by Crippen LogP contribution is 2.56. The van der Waals surface area contributed by atoms with Crippen molar-refractivity contribution in [3.63, 3.8) is 0 Å². The molecule has 11 aromatic carbocycles. The Bertz CT molecular complexity index is 4260. The molecule has 4 bridgehead atoms. The second-order valence-corrected chi connectivity index (χ2v) is 24.0. The molecule has 0 amide bonds. The maximum absolute atomic E-state index is 2.92. The van der Waals surface area contributed by atoms with Gasteiger partial charge in [-0.2, -0.15) is 0 Å². The first-order chi connectivity index (χ1) is 40.7. The van der Waals surface area contributed by atoms with Crippen LogP contribution in [0.5, 0.6) is 0 Å². The molecule has 0 unspecified atom stereocenters. The number of anilines is 13. The van der Waals surface area contributed by atoms with Gasteiger partial charge in [0.05, 0.1) is 5.69 Å². The Hall–Kier alpha value is -9.45. The maximum atomic E-state index is 2.92. The molecule has 8 aliphatic rings. The summed E-state index contributed by atoms with van der Waals surface area (Å²) < 4.78 is 0. The van der Waals surface area contributed by atoms with Gasteiger partial charge in [0.25, 0.3) is 13.4 Å². The van der Waals surface area contributed by atoms with Crippen LogP contribution in [0.2, 0.25) is 0 Å². The lowest BCUT2D eigenvalue weighted by Gasteiger charge is -2.58. The van der Waals surface area contributed by atoms with Gasteiger partial charge in [0.1, 0.15) is 0 Å². The van der Waals surface area contributed by atoms with Gasteiger partial charge in [0, 0.05) is 91.5 Å². The fraction of sp³-hybridized carbons (Fsp3) is 0.120. The Labute approximate surface area is 481 Å². The molecule has 6 aliphatic heterocycles. The van der Waals surface area contributed by atoms with Crippen molar-refractivity contribution in [1.82, 2.24) is 0 Å². The number of hydrogen-bond acceptors (Lipinski definition) is 5. The summed E-state index contributed by atoms with van der Waals surface area (Å²) in [6, 6.07) is 99.9. The first kappa shape index (κ1) is 46.3. The molecule has 0 aromatic heterocycles. The lowest BCUT2D eigenvalue weighted by Crippen LogP contribution is -2.65. The van der Waals surface area contributed by atoms with Gasteiger partial charge in [0.2, 0.25) is 0 Å². The van der Waals surface area contributed by atoms with E-state index in [0.29, 0.717) is 12.1 Å². The van der Waals surface area contributed by atoms with E-state index >= 15 is 0 Å². The zero-order chi connectivity index (χ0) is 53.6. The molecule has 0 spiro atoms. The highest BCUT2D eigenvalue weighted by atomic mass is 15.2. The third-order valence-electron chi connectivity index (χ3n) is 19.6. The van der Waals surface area contributed by atoms with Crippen LogP contribution in [-0.4, -0.2) is 25.5 Å². The number of para-hydroxylation sites is 6. The molecule has 0 radical (unpaired) electrons. The van der Waals surface area contributed by atoms with Crippen molar-refractivity contribution >= 4 is 120 Å². The quantitative estimate of drug-likeness (QED) is 0.147. The van der Waals surface area contributed by atoms with E-state index < -0.39 is 0 Å². The van der Waals surface area contributed by atoms with E-state index in [4.69, 9.17) is 0 Å². The smallest absolute Gasteiger partial charge is 0.252 e. The Morgan fingerprint density at radius 2 is 0.646 bits per heavy atom. The van der Waals surface area contributed by atoms with E-state index in [0.717, 1.165) is 23.2 Å². The van der Waals surface area contributed by atoms with Crippen molar-refractivity contribution in [1.29, 1.82) is 0 Å². The molecule has 2 aliphatic carbocycles. The van der Waals surface area contributed by atoms with Crippen LogP contribution in [0.1, 0.15) is 32.1 Å². The third kappa shape index (κ3) is 6.77. The minimum Gasteiger partial charge on any atom is -0.365 e. The maximum Gasteiger partial charge on any atom is 0.252 e. The Balaban J connectivity index is 0.990. The van der Waals surface area contributed by atoms with Crippen LogP contribution >= 0.6 is 0 Å². The van der Waals surface area contributed by atoms with E-state index in [1.54, 1.807) is 0 Å². The van der Waals surface area contributed by atoms with Gasteiger partial charge in [-0.15, -0.1) is 0 Å². The van der Waals surface area contributed by atoms with Gasteiger partial charge >= 0.3 is 0 Å². The molecule has 4 fully saturated rings. The second kappa shape index (κ2) is 18.0. The van der Waals surface area contributed by atoms with Crippen molar-refractivity contribution in [2.75, 3.05) is 24.5 Å². The standard InChI is InChI=1S/C75H57B2N5/c1-6-22-51(23-7-1)59-32-20-33-60(52-24-8-2-9-25-52)75(59)82-70-48-69-63(76-61-34-16-18-36-65(61)79(53-26-10-3-11-27-53)67-38-21-39-68(73(67)76)81(69)55-30-14-5-15-31-55)47-64(70)77-62-35-17-19-37-66(62)80(54-28-12-4-13-29-54)71-45-58(46-72(82)74(71)77)78-56-41-49-40-50(43-56)44-57(78)42-49/h1-39,45-50,56-57H,40-44H2. The fourth-order valence-corrected chi connectivity index (χ4v) is 16.7. The number of piperidine rings is 2. The first-order valence-electron chi connectivity index (χ1n) is 29.7. The highest BCUT2D eigenvalue weighted by Gasteiger charge is 2.51. The van der Waals surface area contributed by atoms with Gasteiger partial charge in [-0.25, -0.2) is 0 Å². The van der Waals surface area contributed by atoms with Crippen LogP contribution < -0.4 is 57.3 Å². The zero-order valence-corrected chi connectivity index (χ0v) is 45.6. The van der Waals surface area contributed by atoms with E-state index in [2.05, 4.69) is 285 Å².